The first-order chi connectivity index (χ1) is 9.54. The number of hydrogen-bond donors (Lipinski definition) is 2. The van der Waals surface area contributed by atoms with Crippen LogP contribution in [0.3, 0.4) is 0 Å². The number of ether oxygens (including phenoxy) is 1. The highest BCUT2D eigenvalue weighted by Crippen LogP contribution is 2.31. The highest BCUT2D eigenvalue weighted by Gasteiger charge is 2.26. The van der Waals surface area contributed by atoms with Crippen molar-refractivity contribution >= 4 is 17.3 Å². The molecule has 1 aromatic rings. The molecule has 1 atom stereocenters. The molecule has 5 nitrogen and oxygen atoms in total. The Morgan fingerprint density at radius 3 is 3.00 bits per heavy atom. The van der Waals surface area contributed by atoms with Crippen LogP contribution >= 0.6 is 0 Å². The normalized spacial score (nSPS) is 19.1. The molecule has 0 aromatic heterocycles. The summed E-state index contributed by atoms with van der Waals surface area (Å²) in [4.78, 5) is 13.3. The van der Waals surface area contributed by atoms with E-state index in [-0.39, 0.29) is 11.3 Å². The van der Waals surface area contributed by atoms with Crippen LogP contribution in [-0.2, 0) is 4.74 Å². The van der Waals surface area contributed by atoms with Gasteiger partial charge in [0.15, 0.2) is 0 Å². The fourth-order valence-electron chi connectivity index (χ4n) is 2.73. The maximum atomic E-state index is 13.5. The van der Waals surface area contributed by atoms with Crippen LogP contribution in [0.25, 0.3) is 0 Å². The lowest BCUT2D eigenvalue weighted by atomic mass is 9.97. The molecule has 0 saturated carbocycles. The molecule has 0 aliphatic carbocycles. The van der Waals surface area contributed by atoms with Crippen LogP contribution < -0.4 is 10.6 Å². The van der Waals surface area contributed by atoms with Crippen molar-refractivity contribution in [2.24, 2.45) is 5.92 Å². The fourth-order valence-corrected chi connectivity index (χ4v) is 2.73. The molecule has 1 heterocycles. The van der Waals surface area contributed by atoms with Crippen molar-refractivity contribution in [2.45, 2.75) is 12.8 Å². The van der Waals surface area contributed by atoms with Crippen LogP contribution in [0.4, 0.5) is 15.8 Å². The van der Waals surface area contributed by atoms with Gasteiger partial charge in [-0.1, -0.05) is 0 Å². The molecule has 20 heavy (non-hydrogen) atoms. The van der Waals surface area contributed by atoms with E-state index in [4.69, 9.17) is 10.5 Å². The van der Waals surface area contributed by atoms with Crippen LogP contribution in [0.5, 0.6) is 0 Å². The maximum absolute atomic E-state index is 13.5. The number of carboxylic acids is 1. The van der Waals surface area contributed by atoms with Gasteiger partial charge < -0.3 is 20.5 Å². The standard InChI is InChI=1S/C14H19FN2O3/c1-20-8-9-3-2-6-17(7-9)11-5-4-10(15)13(16)12(11)14(18)19/h4-5,9H,2-3,6-8,16H2,1H3,(H,18,19). The molecule has 3 N–H and O–H groups in total. The number of anilines is 2. The van der Waals surface area contributed by atoms with Gasteiger partial charge in [0.2, 0.25) is 0 Å². The molecule has 1 unspecified atom stereocenters. The van der Waals surface area contributed by atoms with Gasteiger partial charge in [-0.3, -0.25) is 0 Å². The van der Waals surface area contributed by atoms with Crippen molar-refractivity contribution in [3.8, 4) is 0 Å². The molecule has 0 bridgehead atoms. The van der Waals surface area contributed by atoms with E-state index in [1.807, 2.05) is 4.90 Å². The quantitative estimate of drug-likeness (QED) is 0.826. The van der Waals surface area contributed by atoms with E-state index in [0.29, 0.717) is 24.8 Å². The highest BCUT2D eigenvalue weighted by atomic mass is 19.1. The van der Waals surface area contributed by atoms with Crippen molar-refractivity contribution in [2.75, 3.05) is 37.4 Å². The van der Waals surface area contributed by atoms with Crippen molar-refractivity contribution in [3.63, 3.8) is 0 Å². The molecular weight excluding hydrogens is 263 g/mol. The third kappa shape index (κ3) is 2.85. The van der Waals surface area contributed by atoms with Crippen molar-refractivity contribution < 1.29 is 19.0 Å². The number of hydrogen-bond acceptors (Lipinski definition) is 4. The summed E-state index contributed by atoms with van der Waals surface area (Å²) in [5, 5.41) is 9.27. The molecule has 1 fully saturated rings. The third-order valence-corrected chi connectivity index (χ3v) is 3.65. The molecule has 0 amide bonds. The van der Waals surface area contributed by atoms with Crippen molar-refractivity contribution in [1.29, 1.82) is 0 Å². The Kier molecular flexibility index (Phi) is 4.44. The first-order valence-corrected chi connectivity index (χ1v) is 6.59. The lowest BCUT2D eigenvalue weighted by Gasteiger charge is -2.35. The summed E-state index contributed by atoms with van der Waals surface area (Å²) in [6.45, 7) is 2.07. The number of rotatable bonds is 4. The fraction of sp³-hybridized carbons (Fsp3) is 0.500. The van der Waals surface area contributed by atoms with Crippen molar-refractivity contribution in [1.82, 2.24) is 0 Å². The summed E-state index contributed by atoms with van der Waals surface area (Å²) in [5.74, 6) is -1.55. The number of halogens is 1. The van der Waals surface area contributed by atoms with E-state index in [2.05, 4.69) is 0 Å². The van der Waals surface area contributed by atoms with Gasteiger partial charge in [-0.25, -0.2) is 9.18 Å². The number of nitrogen functional groups attached to an aromatic ring is 1. The van der Waals surface area contributed by atoms with E-state index in [1.54, 1.807) is 7.11 Å². The molecule has 6 heteroatoms. The average molecular weight is 282 g/mol. The highest BCUT2D eigenvalue weighted by molar-refractivity contribution is 6.00. The Hall–Kier alpha value is -1.82. The zero-order valence-corrected chi connectivity index (χ0v) is 11.4. The van der Waals surface area contributed by atoms with Crippen LogP contribution in [0.2, 0.25) is 0 Å². The Bertz CT molecular complexity index is 505. The van der Waals surface area contributed by atoms with E-state index < -0.39 is 11.8 Å². The lowest BCUT2D eigenvalue weighted by molar-refractivity contribution is 0.0698. The Balaban J connectivity index is 2.32. The minimum Gasteiger partial charge on any atom is -0.478 e. The second-order valence-electron chi connectivity index (χ2n) is 5.07. The summed E-state index contributed by atoms with van der Waals surface area (Å²) in [6.07, 6.45) is 1.99. The monoisotopic (exact) mass is 282 g/mol. The van der Waals surface area contributed by atoms with Gasteiger partial charge in [0.25, 0.3) is 0 Å². The summed E-state index contributed by atoms with van der Waals surface area (Å²) in [5.41, 5.74) is 5.61. The number of piperidine rings is 1. The van der Waals surface area contributed by atoms with Crippen LogP contribution in [0.1, 0.15) is 23.2 Å². The molecule has 1 aliphatic heterocycles. The molecule has 2 rings (SSSR count). The topological polar surface area (TPSA) is 75.8 Å². The zero-order chi connectivity index (χ0) is 14.7. The van der Waals surface area contributed by atoms with Crippen LogP contribution in [-0.4, -0.2) is 37.9 Å². The van der Waals surface area contributed by atoms with Gasteiger partial charge in [-0.2, -0.15) is 0 Å². The Labute approximate surface area is 117 Å². The second-order valence-corrected chi connectivity index (χ2v) is 5.07. The smallest absolute Gasteiger partial charge is 0.340 e. The van der Waals surface area contributed by atoms with Crippen LogP contribution in [0, 0.1) is 11.7 Å². The predicted octanol–water partition coefficient (Wildman–Crippen LogP) is 1.97. The maximum Gasteiger partial charge on any atom is 0.340 e. The molecule has 0 spiro atoms. The van der Waals surface area contributed by atoms with E-state index >= 15 is 0 Å². The Morgan fingerprint density at radius 1 is 1.60 bits per heavy atom. The number of benzene rings is 1. The summed E-state index contributed by atoms with van der Waals surface area (Å²) in [6, 6.07) is 2.71. The molecule has 1 saturated heterocycles. The third-order valence-electron chi connectivity index (χ3n) is 3.65. The molecule has 0 radical (unpaired) electrons. The minimum absolute atomic E-state index is 0.150. The van der Waals surface area contributed by atoms with Gasteiger partial charge in [0.05, 0.1) is 18.0 Å². The van der Waals surface area contributed by atoms with Gasteiger partial charge in [-0.15, -0.1) is 0 Å². The first kappa shape index (κ1) is 14.6. The zero-order valence-electron chi connectivity index (χ0n) is 11.4. The average Bonchev–Trinajstić information content (AvgIpc) is 2.42. The number of aromatic carboxylic acids is 1. The lowest BCUT2D eigenvalue weighted by Crippen LogP contribution is -2.38. The predicted molar refractivity (Wildman–Crippen MR) is 74.6 cm³/mol. The molecule has 1 aromatic carbocycles. The van der Waals surface area contributed by atoms with E-state index in [0.717, 1.165) is 19.4 Å². The van der Waals surface area contributed by atoms with Crippen molar-refractivity contribution in [3.05, 3.63) is 23.5 Å². The summed E-state index contributed by atoms with van der Waals surface area (Å²) in [7, 11) is 1.65. The van der Waals surface area contributed by atoms with Gasteiger partial charge in [0, 0.05) is 20.2 Å². The van der Waals surface area contributed by atoms with E-state index in [1.165, 1.54) is 12.1 Å². The SMILES string of the molecule is COCC1CCCN(c2ccc(F)c(N)c2C(=O)O)C1. The molecule has 110 valence electrons. The Morgan fingerprint density at radius 2 is 2.35 bits per heavy atom. The number of carboxylic acid groups (broad SMARTS) is 1. The van der Waals surface area contributed by atoms with E-state index in [9.17, 15) is 14.3 Å². The van der Waals surface area contributed by atoms with Gasteiger partial charge in [0.1, 0.15) is 11.4 Å². The summed E-state index contributed by atoms with van der Waals surface area (Å²) < 4.78 is 18.6. The first-order valence-electron chi connectivity index (χ1n) is 6.59. The van der Waals surface area contributed by atoms with Crippen LogP contribution in [0.15, 0.2) is 12.1 Å². The summed E-state index contributed by atoms with van der Waals surface area (Å²) >= 11 is 0. The number of nitrogens with two attached hydrogens (primary N) is 1. The van der Waals surface area contributed by atoms with Gasteiger partial charge in [-0.05, 0) is 30.9 Å². The minimum atomic E-state index is -1.20. The number of carbonyl (C=O) groups is 1. The number of methoxy groups -OCH3 is 1. The largest absolute Gasteiger partial charge is 0.478 e. The molecular formula is C14H19FN2O3. The number of nitrogens with zero attached hydrogens (tertiary/aromatic N) is 1. The second kappa shape index (κ2) is 6.09. The molecule has 1 aliphatic rings. The van der Waals surface area contributed by atoms with Gasteiger partial charge >= 0.3 is 5.97 Å².